The summed E-state index contributed by atoms with van der Waals surface area (Å²) in [5, 5.41) is 23.8. The molecule has 0 heterocycles. The van der Waals surface area contributed by atoms with Gasteiger partial charge in [-0.25, -0.2) is 0 Å². The Bertz CT molecular complexity index is 127. The van der Waals surface area contributed by atoms with Crippen LogP contribution in [0.3, 0.4) is 0 Å². The first-order valence-corrected chi connectivity index (χ1v) is 2.92. The van der Waals surface area contributed by atoms with Crippen LogP contribution in [0.25, 0.3) is 0 Å². The van der Waals surface area contributed by atoms with Crippen LogP contribution in [0.4, 0.5) is 0 Å². The van der Waals surface area contributed by atoms with Crippen molar-refractivity contribution in [1.29, 1.82) is 0 Å². The highest BCUT2D eigenvalue weighted by molar-refractivity contribution is 5.84. The van der Waals surface area contributed by atoms with Crippen molar-refractivity contribution in [1.82, 2.24) is 0 Å². The zero-order valence-electron chi connectivity index (χ0n) is 6.32. The van der Waals surface area contributed by atoms with Crippen LogP contribution >= 0.6 is 0 Å². The molecule has 0 spiro atoms. The highest BCUT2D eigenvalue weighted by Gasteiger charge is 2.11. The second kappa shape index (κ2) is 5.84. The van der Waals surface area contributed by atoms with Gasteiger partial charge in [0.25, 0.3) is 5.97 Å². The molecule has 5 N–H and O–H groups in total. The van der Waals surface area contributed by atoms with E-state index in [1.807, 2.05) is 0 Å². The average Bonchev–Trinajstić information content (AvgIpc) is 1.88. The van der Waals surface area contributed by atoms with Crippen molar-refractivity contribution in [3.8, 4) is 0 Å². The van der Waals surface area contributed by atoms with Gasteiger partial charge in [0.05, 0.1) is 0 Å². The van der Waals surface area contributed by atoms with E-state index in [2.05, 4.69) is 12.3 Å². The molecule has 0 aliphatic rings. The van der Waals surface area contributed by atoms with Crippen LogP contribution < -0.4 is 5.73 Å². The Morgan fingerprint density at radius 3 is 1.82 bits per heavy atom. The summed E-state index contributed by atoms with van der Waals surface area (Å²) in [6.07, 6.45) is 0.993. The number of carbonyl (C=O) groups excluding carboxylic acids is 1. The molecule has 0 saturated carbocycles. The van der Waals surface area contributed by atoms with Gasteiger partial charge in [0.1, 0.15) is 0 Å². The zero-order valence-corrected chi connectivity index (χ0v) is 6.32. The molecule has 5 nitrogen and oxygen atoms in total. The van der Waals surface area contributed by atoms with E-state index in [4.69, 9.17) is 15.3 Å². The molecule has 0 unspecified atom stereocenters. The van der Waals surface area contributed by atoms with E-state index < -0.39 is 11.9 Å². The Morgan fingerprint density at radius 1 is 1.64 bits per heavy atom. The molecule has 0 saturated heterocycles. The molecular weight excluding hydrogens is 150 g/mol. The van der Waals surface area contributed by atoms with Gasteiger partial charge in [0.2, 0.25) is 5.91 Å². The minimum Gasteiger partial charge on any atom is -0.366 e. The van der Waals surface area contributed by atoms with Crippen LogP contribution in [-0.2, 0) is 4.79 Å². The van der Waals surface area contributed by atoms with E-state index in [-0.39, 0.29) is 6.42 Å². The molecule has 0 fully saturated rings. The molecule has 0 aromatic rings. The highest BCUT2D eigenvalue weighted by atomic mass is 16.7. The van der Waals surface area contributed by atoms with Crippen LogP contribution in [0, 0.1) is 0 Å². The monoisotopic (exact) mass is 163 g/mol. The maximum atomic E-state index is 9.47. The average molecular weight is 163 g/mol. The van der Waals surface area contributed by atoms with E-state index in [1.54, 1.807) is 0 Å². The Balaban J connectivity index is 0. The third-order valence-corrected chi connectivity index (χ3v) is 0.676. The number of carbonyl (C=O) groups is 1. The fourth-order valence-electron chi connectivity index (χ4n) is 0. The van der Waals surface area contributed by atoms with E-state index in [9.17, 15) is 4.79 Å². The molecule has 66 valence electrons. The summed E-state index contributed by atoms with van der Waals surface area (Å²) >= 11 is 0. The van der Waals surface area contributed by atoms with Crippen molar-refractivity contribution in [2.75, 3.05) is 0 Å². The normalized spacial score (nSPS) is 9.45. The van der Waals surface area contributed by atoms with Crippen LogP contribution in [0.5, 0.6) is 0 Å². The van der Waals surface area contributed by atoms with Crippen molar-refractivity contribution in [2.45, 2.75) is 19.3 Å². The lowest BCUT2D eigenvalue weighted by molar-refractivity contribution is -0.312. The fourth-order valence-corrected chi connectivity index (χ4v) is 0. The maximum absolute atomic E-state index is 9.47. The number of amides is 1. The number of rotatable bonds is 2. The molecule has 0 rings (SSSR count). The fraction of sp³-hybridized carbons (Fsp3) is 0.500. The Hall–Kier alpha value is -0.910. The Morgan fingerprint density at radius 2 is 1.82 bits per heavy atom. The summed E-state index contributed by atoms with van der Waals surface area (Å²) in [6.45, 7) is 4.54. The zero-order chi connectivity index (χ0) is 9.49. The summed E-state index contributed by atoms with van der Waals surface area (Å²) in [6, 6.07) is 0. The quantitative estimate of drug-likeness (QED) is 0.299. The van der Waals surface area contributed by atoms with Gasteiger partial charge in [0, 0.05) is 6.42 Å². The second-order valence-corrected chi connectivity index (χ2v) is 1.73. The summed E-state index contributed by atoms with van der Waals surface area (Å²) < 4.78 is 0. The Kier molecular flexibility index (Phi) is 6.77. The van der Waals surface area contributed by atoms with Crippen LogP contribution in [-0.4, -0.2) is 27.2 Å². The molecule has 0 aliphatic carbocycles. The smallest absolute Gasteiger partial charge is 0.274 e. The van der Waals surface area contributed by atoms with E-state index >= 15 is 0 Å². The summed E-state index contributed by atoms with van der Waals surface area (Å²) in [4.78, 5) is 9.47. The van der Waals surface area contributed by atoms with Crippen molar-refractivity contribution in [3.63, 3.8) is 0 Å². The predicted molar refractivity (Wildman–Crippen MR) is 39.1 cm³/mol. The lowest BCUT2D eigenvalue weighted by Gasteiger charge is -2.08. The van der Waals surface area contributed by atoms with Gasteiger partial charge in [-0.3, -0.25) is 4.79 Å². The minimum atomic E-state index is -2.46. The highest BCUT2D eigenvalue weighted by Crippen LogP contribution is 1.95. The van der Waals surface area contributed by atoms with Gasteiger partial charge < -0.3 is 21.1 Å². The molecular formula is C6H13NO4. The largest absolute Gasteiger partial charge is 0.366 e. The summed E-state index contributed by atoms with van der Waals surface area (Å²) in [5.74, 6) is -2.94. The maximum Gasteiger partial charge on any atom is 0.274 e. The molecule has 0 atom stereocenters. The number of hydrogen-bond donors (Lipinski definition) is 4. The Labute approximate surface area is 64.8 Å². The number of aliphatic hydroxyl groups is 3. The number of nitrogens with two attached hydrogens (primary N) is 1. The molecule has 11 heavy (non-hydrogen) atoms. The molecule has 1 amide bonds. The minimum absolute atomic E-state index is 0.0625. The van der Waals surface area contributed by atoms with Crippen LogP contribution in [0.1, 0.15) is 13.3 Å². The third-order valence-electron chi connectivity index (χ3n) is 0.676. The van der Waals surface area contributed by atoms with E-state index in [0.717, 1.165) is 6.08 Å². The molecule has 0 aromatic heterocycles. The van der Waals surface area contributed by atoms with Crippen LogP contribution in [0.15, 0.2) is 12.7 Å². The van der Waals surface area contributed by atoms with Gasteiger partial charge in [-0.05, 0) is 6.08 Å². The lowest BCUT2D eigenvalue weighted by atomic mass is 10.4. The SMILES string of the molecule is C=CC(N)=O.CCC(O)(O)O. The van der Waals surface area contributed by atoms with Gasteiger partial charge in [0.15, 0.2) is 0 Å². The van der Waals surface area contributed by atoms with Gasteiger partial charge in [-0.2, -0.15) is 0 Å². The summed E-state index contributed by atoms with van der Waals surface area (Å²) in [5.41, 5.74) is 4.53. The second-order valence-electron chi connectivity index (χ2n) is 1.73. The number of primary amides is 1. The molecule has 0 radical (unpaired) electrons. The predicted octanol–water partition coefficient (Wildman–Crippen LogP) is -1.32. The molecule has 0 aliphatic heterocycles. The van der Waals surface area contributed by atoms with Crippen molar-refractivity contribution < 1.29 is 20.1 Å². The molecule has 0 aromatic carbocycles. The van der Waals surface area contributed by atoms with Crippen molar-refractivity contribution >= 4 is 5.91 Å². The first-order chi connectivity index (χ1) is 4.83. The molecule has 0 bridgehead atoms. The van der Waals surface area contributed by atoms with E-state index in [0.29, 0.717) is 0 Å². The van der Waals surface area contributed by atoms with Gasteiger partial charge >= 0.3 is 0 Å². The van der Waals surface area contributed by atoms with Gasteiger partial charge in [-0.15, -0.1) is 0 Å². The standard InChI is InChI=1S/C3H5NO.C3H8O3/c1-2-3(4)5;1-2-3(4,5)6/h2H,1H2,(H2,4,5);4-6H,2H2,1H3. The topological polar surface area (TPSA) is 104 Å². The first-order valence-electron chi connectivity index (χ1n) is 2.92. The van der Waals surface area contributed by atoms with Crippen molar-refractivity contribution in [2.24, 2.45) is 5.73 Å². The van der Waals surface area contributed by atoms with Gasteiger partial charge in [-0.1, -0.05) is 13.5 Å². The lowest BCUT2D eigenvalue weighted by Crippen LogP contribution is -2.24. The first kappa shape index (κ1) is 12.7. The third kappa shape index (κ3) is 27.3. The molecule has 5 heteroatoms. The van der Waals surface area contributed by atoms with Crippen LogP contribution in [0.2, 0.25) is 0 Å². The number of hydrogen-bond acceptors (Lipinski definition) is 4. The summed E-state index contributed by atoms with van der Waals surface area (Å²) in [7, 11) is 0. The van der Waals surface area contributed by atoms with Crippen molar-refractivity contribution in [3.05, 3.63) is 12.7 Å². The van der Waals surface area contributed by atoms with E-state index in [1.165, 1.54) is 6.92 Å².